The van der Waals surface area contributed by atoms with Crippen LogP contribution in [0.5, 0.6) is 0 Å². The number of carbonyl (C=O) groups excluding carboxylic acids is 1. The largest absolute Gasteiger partial charge is 0.391 e. The number of urea groups is 1. The lowest BCUT2D eigenvalue weighted by Crippen LogP contribution is -2.33. The number of hydrogen-bond donors (Lipinski definition) is 2. The van der Waals surface area contributed by atoms with E-state index in [1.807, 2.05) is 32.0 Å². The zero-order valence-electron chi connectivity index (χ0n) is 12.1. The summed E-state index contributed by atoms with van der Waals surface area (Å²) in [4.78, 5) is 22.6. The van der Waals surface area contributed by atoms with Crippen molar-refractivity contribution >= 4 is 22.8 Å². The van der Waals surface area contributed by atoms with E-state index in [1.165, 1.54) is 0 Å². The van der Waals surface area contributed by atoms with Crippen molar-refractivity contribution < 1.29 is 9.90 Å². The molecule has 0 bridgehead atoms. The summed E-state index contributed by atoms with van der Waals surface area (Å²) >= 11 is 0. The van der Waals surface area contributed by atoms with Crippen LogP contribution in [0.2, 0.25) is 0 Å². The number of fused-ring (bicyclic) bond motifs is 1. The van der Waals surface area contributed by atoms with E-state index < -0.39 is 6.10 Å². The molecule has 6 nitrogen and oxygen atoms in total. The van der Waals surface area contributed by atoms with Gasteiger partial charge >= 0.3 is 6.03 Å². The number of nitrogens with one attached hydrogen (secondary N) is 1. The Morgan fingerprint density at radius 3 is 2.67 bits per heavy atom. The van der Waals surface area contributed by atoms with Crippen LogP contribution >= 0.6 is 0 Å². The molecule has 0 unspecified atom stereocenters. The number of aliphatic hydroxyl groups is 1. The average molecular weight is 286 g/mol. The number of nitrogens with zero attached hydrogens (tertiary/aromatic N) is 3. The van der Waals surface area contributed by atoms with Crippen molar-refractivity contribution in [2.45, 2.75) is 26.4 Å². The van der Waals surface area contributed by atoms with Gasteiger partial charge < -0.3 is 15.3 Å². The zero-order chi connectivity index (χ0) is 15.0. The van der Waals surface area contributed by atoms with Gasteiger partial charge in [0.25, 0.3) is 0 Å². The molecule has 1 fully saturated rings. The van der Waals surface area contributed by atoms with Crippen LogP contribution in [0.3, 0.4) is 0 Å². The minimum Gasteiger partial charge on any atom is -0.391 e. The Labute approximate surface area is 122 Å². The van der Waals surface area contributed by atoms with Crippen molar-refractivity contribution in [3.05, 3.63) is 29.6 Å². The number of benzene rings is 1. The molecule has 1 aliphatic rings. The smallest absolute Gasteiger partial charge is 0.321 e. The van der Waals surface area contributed by atoms with Gasteiger partial charge in [-0.15, -0.1) is 0 Å². The second-order valence-electron chi connectivity index (χ2n) is 5.42. The summed E-state index contributed by atoms with van der Waals surface area (Å²) in [5, 5.41) is 12.3. The van der Waals surface area contributed by atoms with E-state index in [4.69, 9.17) is 0 Å². The van der Waals surface area contributed by atoms with Crippen LogP contribution < -0.4 is 5.32 Å². The second-order valence-corrected chi connectivity index (χ2v) is 5.42. The lowest BCUT2D eigenvalue weighted by atomic mass is 10.2. The number of aryl methyl sites for hydroxylation is 2. The third-order valence-corrected chi connectivity index (χ3v) is 3.78. The van der Waals surface area contributed by atoms with E-state index in [0.717, 1.165) is 22.4 Å². The van der Waals surface area contributed by atoms with Gasteiger partial charge in [-0.3, -0.25) is 0 Å². The Hall–Kier alpha value is -2.21. The van der Waals surface area contributed by atoms with Gasteiger partial charge in [-0.25, -0.2) is 14.8 Å². The van der Waals surface area contributed by atoms with E-state index in [-0.39, 0.29) is 6.03 Å². The highest BCUT2D eigenvalue weighted by Gasteiger charge is 2.24. The van der Waals surface area contributed by atoms with Crippen molar-refractivity contribution in [3.8, 4) is 0 Å². The van der Waals surface area contributed by atoms with Crippen LogP contribution in [0.15, 0.2) is 18.2 Å². The number of anilines is 1. The van der Waals surface area contributed by atoms with Crippen LogP contribution in [-0.2, 0) is 0 Å². The number of aromatic nitrogens is 2. The topological polar surface area (TPSA) is 78.4 Å². The molecular formula is C15H18N4O2. The molecule has 0 saturated carbocycles. The van der Waals surface area contributed by atoms with Gasteiger partial charge in [-0.2, -0.15) is 0 Å². The molecule has 0 radical (unpaired) electrons. The second kappa shape index (κ2) is 5.29. The number of rotatable bonds is 1. The lowest BCUT2D eigenvalue weighted by Gasteiger charge is -2.16. The molecule has 1 aromatic heterocycles. The first-order valence-electron chi connectivity index (χ1n) is 7.02. The Morgan fingerprint density at radius 1 is 1.29 bits per heavy atom. The molecule has 1 saturated heterocycles. The summed E-state index contributed by atoms with van der Waals surface area (Å²) in [6, 6.07) is 5.29. The maximum atomic E-state index is 12.1. The first-order valence-corrected chi connectivity index (χ1v) is 7.02. The summed E-state index contributed by atoms with van der Waals surface area (Å²) in [6.45, 7) is 4.81. The first kappa shape index (κ1) is 13.8. The predicted octanol–water partition coefficient (Wildman–Crippen LogP) is 1.85. The fraction of sp³-hybridized carbons (Fsp3) is 0.400. The number of hydrogen-bond acceptors (Lipinski definition) is 4. The maximum absolute atomic E-state index is 12.1. The quantitative estimate of drug-likeness (QED) is 0.838. The molecule has 6 heteroatoms. The number of β-amino-alcohol motifs (C(OH)–C–C–N with tert-alkyl or cyclic N) is 1. The summed E-state index contributed by atoms with van der Waals surface area (Å²) < 4.78 is 0. The molecular weight excluding hydrogens is 268 g/mol. The van der Waals surface area contributed by atoms with Crippen molar-refractivity contribution in [3.63, 3.8) is 0 Å². The minimum absolute atomic E-state index is 0.192. The Morgan fingerprint density at radius 2 is 2.00 bits per heavy atom. The highest BCUT2D eigenvalue weighted by Crippen LogP contribution is 2.19. The van der Waals surface area contributed by atoms with E-state index >= 15 is 0 Å². The molecule has 21 heavy (non-hydrogen) atoms. The van der Waals surface area contributed by atoms with E-state index in [9.17, 15) is 9.90 Å². The molecule has 0 spiro atoms. The minimum atomic E-state index is -0.413. The van der Waals surface area contributed by atoms with Crippen molar-refractivity contribution in [1.29, 1.82) is 0 Å². The van der Waals surface area contributed by atoms with Crippen molar-refractivity contribution in [1.82, 2.24) is 14.9 Å². The Kier molecular flexibility index (Phi) is 3.47. The Balaban J connectivity index is 1.81. The average Bonchev–Trinajstić information content (AvgIpc) is 2.87. The Bertz CT molecular complexity index is 701. The van der Waals surface area contributed by atoms with Crippen LogP contribution in [0.1, 0.15) is 17.8 Å². The fourth-order valence-corrected chi connectivity index (χ4v) is 2.44. The first-order chi connectivity index (χ1) is 10.0. The summed E-state index contributed by atoms with van der Waals surface area (Å²) in [6.07, 6.45) is 0.221. The van der Waals surface area contributed by atoms with E-state index in [1.54, 1.807) is 4.90 Å². The summed E-state index contributed by atoms with van der Waals surface area (Å²) in [5.41, 5.74) is 4.05. The number of carbonyl (C=O) groups is 1. The molecule has 2 amide bonds. The lowest BCUT2D eigenvalue weighted by molar-refractivity contribution is 0.176. The van der Waals surface area contributed by atoms with Gasteiger partial charge in [0, 0.05) is 18.8 Å². The van der Waals surface area contributed by atoms with Crippen LogP contribution in [-0.4, -0.2) is 45.2 Å². The van der Waals surface area contributed by atoms with E-state index in [0.29, 0.717) is 25.2 Å². The van der Waals surface area contributed by atoms with Crippen molar-refractivity contribution in [2.24, 2.45) is 0 Å². The predicted molar refractivity (Wildman–Crippen MR) is 80.2 cm³/mol. The van der Waals surface area contributed by atoms with Crippen LogP contribution in [0, 0.1) is 13.8 Å². The number of amides is 2. The third kappa shape index (κ3) is 2.80. The summed E-state index contributed by atoms with van der Waals surface area (Å²) in [7, 11) is 0. The SMILES string of the molecule is Cc1nc2ccc(NC(=O)N3CC[C@@H](O)C3)cc2nc1C. The van der Waals surface area contributed by atoms with Gasteiger partial charge in [0.05, 0.1) is 28.5 Å². The third-order valence-electron chi connectivity index (χ3n) is 3.78. The highest BCUT2D eigenvalue weighted by molar-refractivity contribution is 5.92. The molecule has 2 heterocycles. The highest BCUT2D eigenvalue weighted by atomic mass is 16.3. The zero-order valence-corrected chi connectivity index (χ0v) is 12.1. The van der Waals surface area contributed by atoms with Gasteiger partial charge in [-0.1, -0.05) is 0 Å². The molecule has 3 rings (SSSR count). The van der Waals surface area contributed by atoms with Crippen LogP contribution in [0.25, 0.3) is 11.0 Å². The molecule has 0 aliphatic carbocycles. The molecule has 1 aliphatic heterocycles. The van der Waals surface area contributed by atoms with Gasteiger partial charge in [0.2, 0.25) is 0 Å². The van der Waals surface area contributed by atoms with Gasteiger partial charge in [0.15, 0.2) is 0 Å². The maximum Gasteiger partial charge on any atom is 0.321 e. The van der Waals surface area contributed by atoms with Gasteiger partial charge in [0.1, 0.15) is 0 Å². The van der Waals surface area contributed by atoms with Crippen LogP contribution in [0.4, 0.5) is 10.5 Å². The molecule has 110 valence electrons. The molecule has 2 aromatic rings. The normalized spacial score (nSPS) is 18.2. The monoisotopic (exact) mass is 286 g/mol. The van der Waals surface area contributed by atoms with E-state index in [2.05, 4.69) is 15.3 Å². The number of likely N-dealkylation sites (tertiary alicyclic amines) is 1. The summed E-state index contributed by atoms with van der Waals surface area (Å²) in [5.74, 6) is 0. The molecule has 1 atom stereocenters. The van der Waals surface area contributed by atoms with Crippen molar-refractivity contribution in [2.75, 3.05) is 18.4 Å². The molecule has 1 aromatic carbocycles. The fourth-order valence-electron chi connectivity index (χ4n) is 2.44. The standard InChI is InChI=1S/C15H18N4O2/c1-9-10(2)17-14-7-11(3-4-13(14)16-9)18-15(21)19-6-5-12(20)8-19/h3-4,7,12,20H,5-6,8H2,1-2H3,(H,18,21)/t12-/m1/s1. The van der Waals surface area contributed by atoms with Gasteiger partial charge in [-0.05, 0) is 38.5 Å². The number of aliphatic hydroxyl groups excluding tert-OH is 1. The molecule has 2 N–H and O–H groups in total.